The standard InChI is InChI=1S/C20H16N2O2S2/c1-23-15-7-3-5-13-17(9-11-21-19(13)15)25-26-18-10-12-22-20-14(18)6-4-8-16(20)24-2/h3-12H,1-2H3. The van der Waals surface area contributed by atoms with Gasteiger partial charge in [0.15, 0.2) is 0 Å². The molecule has 4 rings (SSSR count). The Bertz CT molecular complexity index is 998. The third-order valence-corrected chi connectivity index (χ3v) is 6.53. The maximum atomic E-state index is 5.43. The third kappa shape index (κ3) is 3.06. The fourth-order valence-corrected chi connectivity index (χ4v) is 5.14. The Morgan fingerprint density at radius 3 is 1.54 bits per heavy atom. The van der Waals surface area contributed by atoms with E-state index in [0.717, 1.165) is 43.1 Å². The molecule has 4 nitrogen and oxygen atoms in total. The maximum absolute atomic E-state index is 5.43. The average molecular weight is 380 g/mol. The molecule has 0 saturated heterocycles. The van der Waals surface area contributed by atoms with Crippen LogP contribution in [-0.2, 0) is 0 Å². The van der Waals surface area contributed by atoms with Crippen LogP contribution in [-0.4, -0.2) is 24.2 Å². The summed E-state index contributed by atoms with van der Waals surface area (Å²) >= 11 is 0. The zero-order valence-electron chi connectivity index (χ0n) is 14.3. The van der Waals surface area contributed by atoms with Crippen LogP contribution in [0.1, 0.15) is 0 Å². The van der Waals surface area contributed by atoms with Gasteiger partial charge >= 0.3 is 0 Å². The van der Waals surface area contributed by atoms with Crippen molar-refractivity contribution < 1.29 is 9.47 Å². The van der Waals surface area contributed by atoms with Gasteiger partial charge in [0.05, 0.1) is 14.2 Å². The van der Waals surface area contributed by atoms with Crippen LogP contribution in [0.3, 0.4) is 0 Å². The van der Waals surface area contributed by atoms with Crippen LogP contribution in [0, 0.1) is 0 Å². The fraction of sp³-hybridized carbons (Fsp3) is 0.100. The van der Waals surface area contributed by atoms with Crippen molar-refractivity contribution in [1.29, 1.82) is 0 Å². The van der Waals surface area contributed by atoms with E-state index in [1.807, 2.05) is 48.8 Å². The van der Waals surface area contributed by atoms with Gasteiger partial charge in [0.2, 0.25) is 0 Å². The van der Waals surface area contributed by atoms with Gasteiger partial charge in [-0.2, -0.15) is 0 Å². The Morgan fingerprint density at radius 1 is 0.654 bits per heavy atom. The second-order valence-corrected chi connectivity index (χ2v) is 7.71. The number of para-hydroxylation sites is 2. The zero-order chi connectivity index (χ0) is 17.9. The molecule has 0 saturated carbocycles. The normalized spacial score (nSPS) is 11.0. The smallest absolute Gasteiger partial charge is 0.145 e. The molecule has 6 heteroatoms. The van der Waals surface area contributed by atoms with E-state index in [4.69, 9.17) is 9.47 Å². The molecule has 2 heterocycles. The van der Waals surface area contributed by atoms with E-state index in [1.54, 1.807) is 35.8 Å². The number of aromatic nitrogens is 2. The molecule has 4 aromatic rings. The van der Waals surface area contributed by atoms with Crippen molar-refractivity contribution in [3.05, 3.63) is 60.9 Å². The molecule has 0 spiro atoms. The summed E-state index contributed by atoms with van der Waals surface area (Å²) in [7, 11) is 6.74. The summed E-state index contributed by atoms with van der Waals surface area (Å²) in [4.78, 5) is 11.2. The summed E-state index contributed by atoms with van der Waals surface area (Å²) in [5.74, 6) is 1.57. The van der Waals surface area contributed by atoms with Gasteiger partial charge in [0, 0.05) is 33.0 Å². The van der Waals surface area contributed by atoms with Crippen molar-refractivity contribution in [2.24, 2.45) is 0 Å². The van der Waals surface area contributed by atoms with E-state index in [2.05, 4.69) is 22.1 Å². The molecular formula is C20H16N2O2S2. The molecule has 2 aromatic carbocycles. The van der Waals surface area contributed by atoms with Crippen LogP contribution >= 0.6 is 21.6 Å². The van der Waals surface area contributed by atoms with E-state index >= 15 is 0 Å². The molecule has 0 unspecified atom stereocenters. The number of benzene rings is 2. The molecule has 0 N–H and O–H groups in total. The van der Waals surface area contributed by atoms with Crippen LogP contribution < -0.4 is 9.47 Å². The van der Waals surface area contributed by atoms with Crippen LogP contribution in [0.15, 0.2) is 70.7 Å². The minimum atomic E-state index is 0.786. The average Bonchev–Trinajstić information content (AvgIpc) is 2.71. The second-order valence-electron chi connectivity index (χ2n) is 5.50. The largest absolute Gasteiger partial charge is 0.494 e. The Morgan fingerprint density at radius 2 is 1.12 bits per heavy atom. The first-order valence-electron chi connectivity index (χ1n) is 8.00. The predicted octanol–water partition coefficient (Wildman–Crippen LogP) is 5.60. The lowest BCUT2D eigenvalue weighted by molar-refractivity contribution is 0.418. The van der Waals surface area contributed by atoms with Crippen molar-refractivity contribution in [3.63, 3.8) is 0 Å². The van der Waals surface area contributed by atoms with E-state index in [0.29, 0.717) is 0 Å². The predicted molar refractivity (Wildman–Crippen MR) is 108 cm³/mol. The number of methoxy groups -OCH3 is 2. The monoisotopic (exact) mass is 380 g/mol. The lowest BCUT2D eigenvalue weighted by Gasteiger charge is -2.10. The minimum Gasteiger partial charge on any atom is -0.494 e. The number of nitrogens with zero attached hydrogens (tertiary/aromatic N) is 2. The summed E-state index contributed by atoms with van der Waals surface area (Å²) in [5.41, 5.74) is 1.75. The first-order chi connectivity index (χ1) is 12.8. The Hall–Kier alpha value is -2.44. The van der Waals surface area contributed by atoms with Crippen molar-refractivity contribution in [2.45, 2.75) is 9.79 Å². The van der Waals surface area contributed by atoms with Gasteiger partial charge < -0.3 is 9.47 Å². The molecule has 0 aliphatic heterocycles. The van der Waals surface area contributed by atoms with Gasteiger partial charge in [0.25, 0.3) is 0 Å². The molecule has 0 atom stereocenters. The highest BCUT2D eigenvalue weighted by Gasteiger charge is 2.11. The number of ether oxygens (including phenoxy) is 2. The highest BCUT2D eigenvalue weighted by Crippen LogP contribution is 2.44. The van der Waals surface area contributed by atoms with Crippen LogP contribution in [0.5, 0.6) is 11.5 Å². The van der Waals surface area contributed by atoms with Crippen LogP contribution in [0.4, 0.5) is 0 Å². The first-order valence-corrected chi connectivity index (χ1v) is 10.1. The lowest BCUT2D eigenvalue weighted by Crippen LogP contribution is -1.89. The quantitative estimate of drug-likeness (QED) is 0.420. The van der Waals surface area contributed by atoms with Gasteiger partial charge in [-0.3, -0.25) is 9.97 Å². The number of pyridine rings is 2. The number of hydrogen-bond acceptors (Lipinski definition) is 6. The van der Waals surface area contributed by atoms with E-state index < -0.39 is 0 Å². The molecular weight excluding hydrogens is 364 g/mol. The molecule has 0 fully saturated rings. The van der Waals surface area contributed by atoms with E-state index in [1.165, 1.54) is 0 Å². The Labute approximate surface area is 159 Å². The second kappa shape index (κ2) is 7.43. The summed E-state index contributed by atoms with van der Waals surface area (Å²) in [6, 6.07) is 16.0. The maximum Gasteiger partial charge on any atom is 0.145 e. The first kappa shape index (κ1) is 17.0. The lowest BCUT2D eigenvalue weighted by atomic mass is 10.2. The Balaban J connectivity index is 1.70. The third-order valence-electron chi connectivity index (χ3n) is 4.05. The Kier molecular flexibility index (Phi) is 4.86. The molecule has 0 aliphatic rings. The molecule has 130 valence electrons. The van der Waals surface area contributed by atoms with E-state index in [-0.39, 0.29) is 0 Å². The van der Waals surface area contributed by atoms with Crippen LogP contribution in [0.2, 0.25) is 0 Å². The van der Waals surface area contributed by atoms with E-state index in [9.17, 15) is 0 Å². The SMILES string of the molecule is COc1cccc2c(SSc3ccnc4c(OC)cccc34)ccnc12. The molecule has 0 radical (unpaired) electrons. The molecule has 0 aliphatic carbocycles. The summed E-state index contributed by atoms with van der Waals surface area (Å²) in [5, 5.41) is 2.17. The topological polar surface area (TPSA) is 44.2 Å². The molecule has 2 aromatic heterocycles. The van der Waals surface area contributed by atoms with Crippen LogP contribution in [0.25, 0.3) is 21.8 Å². The number of rotatable bonds is 5. The molecule has 26 heavy (non-hydrogen) atoms. The van der Waals surface area contributed by atoms with Crippen molar-refractivity contribution in [1.82, 2.24) is 9.97 Å². The van der Waals surface area contributed by atoms with Gasteiger partial charge in [-0.1, -0.05) is 45.9 Å². The van der Waals surface area contributed by atoms with Gasteiger partial charge in [-0.15, -0.1) is 0 Å². The summed E-state index contributed by atoms with van der Waals surface area (Å²) in [6.07, 6.45) is 3.64. The zero-order valence-corrected chi connectivity index (χ0v) is 15.9. The minimum absolute atomic E-state index is 0.786. The highest BCUT2D eigenvalue weighted by atomic mass is 33.1. The number of fused-ring (bicyclic) bond motifs is 2. The summed E-state index contributed by atoms with van der Waals surface area (Å²) in [6.45, 7) is 0. The summed E-state index contributed by atoms with van der Waals surface area (Å²) < 4.78 is 10.9. The molecule has 0 amide bonds. The molecule has 0 bridgehead atoms. The van der Waals surface area contributed by atoms with Crippen molar-refractivity contribution in [3.8, 4) is 11.5 Å². The number of hydrogen-bond donors (Lipinski definition) is 0. The fourth-order valence-electron chi connectivity index (χ4n) is 2.81. The van der Waals surface area contributed by atoms with Gasteiger partial charge in [-0.25, -0.2) is 0 Å². The van der Waals surface area contributed by atoms with Crippen molar-refractivity contribution >= 4 is 43.4 Å². The van der Waals surface area contributed by atoms with Gasteiger partial charge in [-0.05, 0) is 24.3 Å². The van der Waals surface area contributed by atoms with Gasteiger partial charge in [0.1, 0.15) is 22.5 Å². The van der Waals surface area contributed by atoms with Crippen molar-refractivity contribution in [2.75, 3.05) is 14.2 Å². The highest BCUT2D eigenvalue weighted by molar-refractivity contribution is 8.76.